The van der Waals surface area contributed by atoms with Gasteiger partial charge in [-0.25, -0.2) is 0 Å². The fraction of sp³-hybridized carbons (Fsp3) is 1.00. The van der Waals surface area contributed by atoms with Crippen molar-refractivity contribution in [1.29, 1.82) is 0 Å². The number of piperidine rings is 1. The minimum absolute atomic E-state index is 0.157. The first-order chi connectivity index (χ1) is 7.29. The van der Waals surface area contributed by atoms with Crippen molar-refractivity contribution >= 4 is 0 Å². The third kappa shape index (κ3) is 1.62. The van der Waals surface area contributed by atoms with Crippen LogP contribution in [0.1, 0.15) is 54.4 Å². The molecule has 2 heteroatoms. The van der Waals surface area contributed by atoms with Gasteiger partial charge in [0.25, 0.3) is 0 Å². The monoisotopic (exact) mass is 227 g/mol. The third-order valence-corrected chi connectivity index (χ3v) is 6.14. The maximum Gasteiger partial charge on any atom is 0.0590 e. The molecule has 1 aliphatic rings. The van der Waals surface area contributed by atoms with Crippen LogP contribution in [0.3, 0.4) is 0 Å². The minimum atomic E-state index is 0.157. The zero-order valence-corrected chi connectivity index (χ0v) is 11.9. The lowest BCUT2D eigenvalue weighted by Gasteiger charge is -2.62. The van der Waals surface area contributed by atoms with Crippen LogP contribution in [0.15, 0.2) is 0 Å². The van der Waals surface area contributed by atoms with Gasteiger partial charge >= 0.3 is 0 Å². The van der Waals surface area contributed by atoms with E-state index in [4.69, 9.17) is 0 Å². The van der Waals surface area contributed by atoms with Crippen LogP contribution in [0.2, 0.25) is 0 Å². The van der Waals surface area contributed by atoms with E-state index in [9.17, 15) is 5.11 Å². The molecular formula is C14H29NO. The molecule has 16 heavy (non-hydrogen) atoms. The molecule has 1 heterocycles. The van der Waals surface area contributed by atoms with Crippen LogP contribution < -0.4 is 5.32 Å². The minimum Gasteiger partial charge on any atom is -0.395 e. The summed E-state index contributed by atoms with van der Waals surface area (Å²) in [5, 5.41) is 13.1. The molecule has 3 atom stereocenters. The van der Waals surface area contributed by atoms with Crippen molar-refractivity contribution in [3.05, 3.63) is 0 Å². The van der Waals surface area contributed by atoms with E-state index in [0.717, 1.165) is 13.0 Å². The van der Waals surface area contributed by atoms with Gasteiger partial charge in [0.2, 0.25) is 0 Å². The fourth-order valence-corrected chi connectivity index (χ4v) is 3.44. The summed E-state index contributed by atoms with van der Waals surface area (Å²) < 4.78 is 0. The van der Waals surface area contributed by atoms with Crippen LogP contribution in [0.5, 0.6) is 0 Å². The average Bonchev–Trinajstić information content (AvgIpc) is 2.26. The van der Waals surface area contributed by atoms with Gasteiger partial charge in [0.15, 0.2) is 0 Å². The van der Waals surface area contributed by atoms with Gasteiger partial charge in [-0.1, -0.05) is 41.5 Å². The van der Waals surface area contributed by atoms with E-state index in [2.05, 4.69) is 46.9 Å². The highest BCUT2D eigenvalue weighted by molar-refractivity contribution is 5.09. The first-order valence-electron chi connectivity index (χ1n) is 6.63. The Labute approximate surface area is 101 Å². The molecule has 0 radical (unpaired) electrons. The molecule has 96 valence electrons. The maximum atomic E-state index is 9.57. The van der Waals surface area contributed by atoms with Crippen LogP contribution in [0.4, 0.5) is 0 Å². The molecule has 3 unspecified atom stereocenters. The van der Waals surface area contributed by atoms with E-state index in [1.807, 2.05) is 0 Å². The van der Waals surface area contributed by atoms with Crippen molar-refractivity contribution in [3.63, 3.8) is 0 Å². The average molecular weight is 227 g/mol. The smallest absolute Gasteiger partial charge is 0.0590 e. The Morgan fingerprint density at radius 3 is 2.06 bits per heavy atom. The van der Waals surface area contributed by atoms with E-state index in [1.54, 1.807) is 0 Å². The van der Waals surface area contributed by atoms with Gasteiger partial charge in [-0.15, -0.1) is 0 Å². The van der Waals surface area contributed by atoms with Gasteiger partial charge < -0.3 is 10.4 Å². The maximum absolute atomic E-state index is 9.57. The van der Waals surface area contributed by atoms with Gasteiger partial charge in [0.1, 0.15) is 0 Å². The highest BCUT2D eigenvalue weighted by atomic mass is 16.3. The van der Waals surface area contributed by atoms with Gasteiger partial charge in [-0.3, -0.25) is 0 Å². The van der Waals surface area contributed by atoms with Crippen molar-refractivity contribution in [2.75, 3.05) is 13.2 Å². The molecule has 1 saturated heterocycles. The zero-order valence-electron chi connectivity index (χ0n) is 11.9. The summed E-state index contributed by atoms with van der Waals surface area (Å²) in [5.41, 5.74) is 0.705. The topological polar surface area (TPSA) is 32.3 Å². The molecule has 0 aliphatic carbocycles. The Morgan fingerprint density at radius 1 is 1.12 bits per heavy atom. The summed E-state index contributed by atoms with van der Waals surface area (Å²) in [6.45, 7) is 15.2. The quantitative estimate of drug-likeness (QED) is 0.777. The number of rotatable bonds is 3. The summed E-state index contributed by atoms with van der Waals surface area (Å²) in [4.78, 5) is 0. The number of nitrogens with one attached hydrogen (secondary N) is 1. The van der Waals surface area contributed by atoms with Gasteiger partial charge in [-0.2, -0.15) is 0 Å². The Morgan fingerprint density at radius 2 is 1.69 bits per heavy atom. The standard InChI is InChI=1S/C14H29NO/c1-7-13(5)10-15-11(9-16)14(6,8-2)12(13,3)4/h11,15-16H,7-10H2,1-6H3. The molecule has 0 amide bonds. The zero-order chi connectivity index (χ0) is 12.6. The Bertz CT molecular complexity index is 248. The number of aliphatic hydroxyl groups is 1. The van der Waals surface area contributed by atoms with Gasteiger partial charge in [0.05, 0.1) is 6.61 Å². The van der Waals surface area contributed by atoms with Gasteiger partial charge in [0, 0.05) is 12.6 Å². The Kier molecular flexibility index (Phi) is 3.76. The Hall–Kier alpha value is -0.0800. The lowest BCUT2D eigenvalue weighted by atomic mass is 9.47. The molecule has 0 aromatic rings. The lowest BCUT2D eigenvalue weighted by Crippen LogP contribution is -2.66. The van der Waals surface area contributed by atoms with Crippen LogP contribution >= 0.6 is 0 Å². The van der Waals surface area contributed by atoms with E-state index >= 15 is 0 Å². The summed E-state index contributed by atoms with van der Waals surface area (Å²) in [5.74, 6) is 0. The van der Waals surface area contributed by atoms with Crippen molar-refractivity contribution in [3.8, 4) is 0 Å². The lowest BCUT2D eigenvalue weighted by molar-refractivity contribution is -0.115. The summed E-state index contributed by atoms with van der Waals surface area (Å²) in [6.07, 6.45) is 2.29. The predicted octanol–water partition coefficient (Wildman–Crippen LogP) is 2.81. The van der Waals surface area contributed by atoms with Crippen molar-refractivity contribution in [1.82, 2.24) is 5.32 Å². The van der Waals surface area contributed by atoms with E-state index in [-0.39, 0.29) is 23.5 Å². The van der Waals surface area contributed by atoms with E-state index < -0.39 is 0 Å². The molecule has 0 saturated carbocycles. The largest absolute Gasteiger partial charge is 0.395 e. The molecule has 0 aromatic carbocycles. The molecular weight excluding hydrogens is 198 g/mol. The number of hydrogen-bond donors (Lipinski definition) is 2. The molecule has 1 fully saturated rings. The second-order valence-electron chi connectivity index (χ2n) is 6.43. The second-order valence-corrected chi connectivity index (χ2v) is 6.43. The first kappa shape index (κ1) is 14.0. The fourth-order valence-electron chi connectivity index (χ4n) is 3.44. The molecule has 0 aromatic heterocycles. The van der Waals surface area contributed by atoms with Crippen LogP contribution in [0, 0.1) is 16.2 Å². The normalized spacial score (nSPS) is 43.3. The summed E-state index contributed by atoms with van der Waals surface area (Å²) in [6, 6.07) is 0.229. The first-order valence-corrected chi connectivity index (χ1v) is 6.63. The molecule has 1 rings (SSSR count). The highest BCUT2D eigenvalue weighted by Gasteiger charge is 2.57. The van der Waals surface area contributed by atoms with E-state index in [0.29, 0.717) is 5.41 Å². The molecule has 2 nitrogen and oxygen atoms in total. The van der Waals surface area contributed by atoms with Crippen molar-refractivity contribution in [2.24, 2.45) is 16.2 Å². The predicted molar refractivity (Wildman–Crippen MR) is 69.5 cm³/mol. The summed E-state index contributed by atoms with van der Waals surface area (Å²) in [7, 11) is 0. The molecule has 0 bridgehead atoms. The van der Waals surface area contributed by atoms with Crippen LogP contribution in [0.25, 0.3) is 0 Å². The third-order valence-electron chi connectivity index (χ3n) is 6.14. The van der Waals surface area contributed by atoms with Crippen LogP contribution in [-0.2, 0) is 0 Å². The second kappa shape index (κ2) is 4.30. The summed E-state index contributed by atoms with van der Waals surface area (Å²) >= 11 is 0. The van der Waals surface area contributed by atoms with Crippen molar-refractivity contribution in [2.45, 2.75) is 60.4 Å². The van der Waals surface area contributed by atoms with Gasteiger partial charge in [-0.05, 0) is 29.1 Å². The number of hydrogen-bond acceptors (Lipinski definition) is 2. The molecule has 0 spiro atoms. The Balaban J connectivity index is 3.16. The highest BCUT2D eigenvalue weighted by Crippen LogP contribution is 2.58. The van der Waals surface area contributed by atoms with Crippen molar-refractivity contribution < 1.29 is 5.11 Å². The van der Waals surface area contributed by atoms with Crippen LogP contribution in [-0.4, -0.2) is 24.3 Å². The SMILES string of the molecule is CCC1(C)CNC(CO)C(C)(CC)C1(C)C. The van der Waals surface area contributed by atoms with E-state index in [1.165, 1.54) is 6.42 Å². The number of aliphatic hydroxyl groups excluding tert-OH is 1. The molecule has 2 N–H and O–H groups in total. The molecule has 1 aliphatic heterocycles.